The fourth-order valence-corrected chi connectivity index (χ4v) is 5.99. The third-order valence-corrected chi connectivity index (χ3v) is 8.19. The quantitative estimate of drug-likeness (QED) is 0.251. The van der Waals surface area contributed by atoms with Crippen LogP contribution in [0.3, 0.4) is 0 Å². The van der Waals surface area contributed by atoms with Gasteiger partial charge < -0.3 is 14.5 Å². The van der Waals surface area contributed by atoms with Crippen LogP contribution in [-0.2, 0) is 0 Å². The third kappa shape index (κ3) is 5.11. The van der Waals surface area contributed by atoms with Gasteiger partial charge >= 0.3 is 0 Å². The van der Waals surface area contributed by atoms with Gasteiger partial charge in [0.2, 0.25) is 5.43 Å². The fraction of sp³-hybridized carbons (Fsp3) is 0.212. The van der Waals surface area contributed by atoms with Crippen LogP contribution in [-0.4, -0.2) is 35.5 Å². The van der Waals surface area contributed by atoms with Crippen molar-refractivity contribution in [2.75, 3.05) is 13.1 Å². The highest BCUT2D eigenvalue weighted by molar-refractivity contribution is 5.84. The summed E-state index contributed by atoms with van der Waals surface area (Å²) < 4.78 is 56.8. The maximum atomic E-state index is 15.4. The zero-order chi connectivity index (χ0) is 31.2. The molecule has 3 aliphatic rings. The second-order valence-electron chi connectivity index (χ2n) is 11.1. The number of hydrogen-bond donors (Lipinski definition) is 3. The van der Waals surface area contributed by atoms with Gasteiger partial charge in [0.1, 0.15) is 58.2 Å². The molecule has 0 aliphatic carbocycles. The van der Waals surface area contributed by atoms with Crippen molar-refractivity contribution in [3.05, 3.63) is 117 Å². The number of ether oxygens (including phenoxy) is 1. The zero-order valence-corrected chi connectivity index (χ0v) is 24.2. The molecule has 4 N–H and O–H groups in total. The van der Waals surface area contributed by atoms with Gasteiger partial charge in [-0.1, -0.05) is 18.2 Å². The summed E-state index contributed by atoms with van der Waals surface area (Å²) in [6.07, 6.45) is 4.48. The first-order chi connectivity index (χ1) is 21.8. The summed E-state index contributed by atoms with van der Waals surface area (Å²) in [6.45, 7) is 3.39. The zero-order valence-electron chi connectivity index (χ0n) is 24.2. The third-order valence-electron chi connectivity index (χ3n) is 8.19. The minimum Gasteiger partial charge on any atom is -0.487 e. The summed E-state index contributed by atoms with van der Waals surface area (Å²) >= 11 is 0. The first-order valence-electron chi connectivity index (χ1n) is 14.6. The lowest BCUT2D eigenvalue weighted by Crippen LogP contribution is -2.36. The number of rotatable bonds is 6. The normalized spacial score (nSPS) is 17.4. The Balaban J connectivity index is 1.30. The Morgan fingerprint density at radius 1 is 1.02 bits per heavy atom. The predicted molar refractivity (Wildman–Crippen MR) is 164 cm³/mol. The summed E-state index contributed by atoms with van der Waals surface area (Å²) in [5.41, 5.74) is 4.87. The Bertz CT molecular complexity index is 1970. The minimum atomic E-state index is -0.753. The van der Waals surface area contributed by atoms with E-state index in [1.54, 1.807) is 36.3 Å². The van der Waals surface area contributed by atoms with Gasteiger partial charge in [0.05, 0.1) is 17.5 Å². The molecule has 230 valence electrons. The van der Waals surface area contributed by atoms with Crippen molar-refractivity contribution < 1.29 is 22.3 Å². The van der Waals surface area contributed by atoms with Crippen LogP contribution in [0, 0.1) is 17.5 Å². The van der Waals surface area contributed by atoms with Crippen LogP contribution >= 0.6 is 0 Å². The van der Waals surface area contributed by atoms with Crippen molar-refractivity contribution in [1.29, 1.82) is 0 Å². The molecule has 4 aromatic rings. The molecule has 0 radical (unpaired) electrons. The summed E-state index contributed by atoms with van der Waals surface area (Å²) in [5.74, 6) is 4.80. The molecule has 1 fully saturated rings. The molecule has 3 aromatic carbocycles. The number of aliphatic imine (C=N–C) groups is 1. The highest BCUT2D eigenvalue weighted by Crippen LogP contribution is 2.41. The molecule has 12 heteroatoms. The summed E-state index contributed by atoms with van der Waals surface area (Å²) in [5, 5.41) is 6.00. The maximum Gasteiger partial charge on any atom is 0.203 e. The topological polar surface area (TPSA) is 108 Å². The number of fused-ring (bicyclic) bond motifs is 2. The van der Waals surface area contributed by atoms with Gasteiger partial charge in [0.25, 0.3) is 0 Å². The van der Waals surface area contributed by atoms with E-state index in [0.29, 0.717) is 22.7 Å². The van der Waals surface area contributed by atoms with Crippen molar-refractivity contribution in [2.45, 2.75) is 31.9 Å². The first kappa shape index (κ1) is 28.7. The standard InChI is InChI=1S/C33H29F3N6O3/c1-18(33-28(19-4-2-5-21(34)14-19)32(43)29-23(35)6-3-7-27(29)45-33)42-25-16-39-17-41(37)31(25)30(40-42)20-8-9-26(24(36)15-20)44-22-10-12-38-13-11-22/h2-9,14-18,22,38,40H,10-13,37H2,1H3. The van der Waals surface area contributed by atoms with E-state index in [9.17, 15) is 13.6 Å². The average molecular weight is 615 g/mol. The van der Waals surface area contributed by atoms with Crippen LogP contribution in [0.15, 0.2) is 92.5 Å². The van der Waals surface area contributed by atoms with Gasteiger partial charge in [-0.05, 0) is 80.9 Å². The van der Waals surface area contributed by atoms with Crippen LogP contribution < -0.4 is 26.8 Å². The van der Waals surface area contributed by atoms with Crippen LogP contribution in [0.4, 0.5) is 13.2 Å². The van der Waals surface area contributed by atoms with E-state index in [0.717, 1.165) is 25.9 Å². The van der Waals surface area contributed by atoms with Crippen LogP contribution in [0.1, 0.15) is 37.1 Å². The van der Waals surface area contributed by atoms with E-state index in [4.69, 9.17) is 15.0 Å². The fourth-order valence-electron chi connectivity index (χ4n) is 5.99. The molecule has 4 heterocycles. The molecule has 0 bridgehead atoms. The van der Waals surface area contributed by atoms with E-state index in [2.05, 4.69) is 15.7 Å². The highest BCUT2D eigenvalue weighted by atomic mass is 19.1. The monoisotopic (exact) mass is 614 g/mol. The maximum absolute atomic E-state index is 15.4. The Morgan fingerprint density at radius 2 is 1.82 bits per heavy atom. The molecule has 0 amide bonds. The van der Waals surface area contributed by atoms with E-state index in [-0.39, 0.29) is 39.7 Å². The molecular formula is C33H29F3N6O3. The lowest BCUT2D eigenvalue weighted by atomic mass is 9.98. The van der Waals surface area contributed by atoms with Crippen LogP contribution in [0.25, 0.3) is 27.8 Å². The smallest absolute Gasteiger partial charge is 0.203 e. The molecule has 0 spiro atoms. The number of nitrogens with zero attached hydrogens (tertiary/aromatic N) is 3. The first-order valence-corrected chi connectivity index (χ1v) is 14.6. The largest absolute Gasteiger partial charge is 0.487 e. The Hall–Kier alpha value is -5.07. The van der Waals surface area contributed by atoms with Gasteiger partial charge in [-0.25, -0.2) is 24.0 Å². The summed E-state index contributed by atoms with van der Waals surface area (Å²) in [6, 6.07) is 13.5. The Morgan fingerprint density at radius 3 is 2.60 bits per heavy atom. The van der Waals surface area contributed by atoms with Gasteiger partial charge in [0, 0.05) is 5.56 Å². The molecule has 7 rings (SSSR count). The number of nitrogens with one attached hydrogen (secondary N) is 2. The Labute approximate surface area is 256 Å². The van der Waals surface area contributed by atoms with E-state index in [1.165, 1.54) is 53.8 Å². The number of nitrogens with two attached hydrogens (primary N) is 1. The minimum absolute atomic E-state index is 0.00590. The van der Waals surface area contributed by atoms with Crippen molar-refractivity contribution in [3.8, 4) is 16.9 Å². The SMILES string of the molecule is CC(c1oc2cccc(F)c2c(=O)c1-c1cccc(F)c1)N1NC(c2ccc(OC3CCNCC3)c(F)c2)=C2C1=CN=CN2N. The average Bonchev–Trinajstić information content (AvgIpc) is 3.43. The van der Waals surface area contributed by atoms with Gasteiger partial charge in [0.15, 0.2) is 11.6 Å². The molecular weight excluding hydrogens is 585 g/mol. The molecule has 1 saturated heterocycles. The number of benzene rings is 3. The van der Waals surface area contributed by atoms with Crippen molar-refractivity contribution in [2.24, 2.45) is 10.8 Å². The molecule has 1 unspecified atom stereocenters. The molecule has 45 heavy (non-hydrogen) atoms. The lowest BCUT2D eigenvalue weighted by molar-refractivity contribution is 0.156. The van der Waals surface area contributed by atoms with Crippen LogP contribution in [0.2, 0.25) is 0 Å². The van der Waals surface area contributed by atoms with Crippen molar-refractivity contribution in [1.82, 2.24) is 20.8 Å². The molecule has 1 atom stereocenters. The van der Waals surface area contributed by atoms with Gasteiger partial charge in [-0.3, -0.25) is 20.2 Å². The Kier molecular flexibility index (Phi) is 7.30. The second-order valence-corrected chi connectivity index (χ2v) is 11.1. The number of halogens is 3. The molecule has 9 nitrogen and oxygen atoms in total. The molecule has 3 aliphatic heterocycles. The molecule has 0 saturated carbocycles. The van der Waals surface area contributed by atoms with E-state index >= 15 is 4.39 Å². The summed E-state index contributed by atoms with van der Waals surface area (Å²) in [7, 11) is 0. The van der Waals surface area contributed by atoms with Crippen molar-refractivity contribution >= 4 is 23.0 Å². The van der Waals surface area contributed by atoms with Crippen molar-refractivity contribution in [3.63, 3.8) is 0 Å². The van der Waals surface area contributed by atoms with Gasteiger partial charge in [-0.15, -0.1) is 0 Å². The number of hydrazine groups is 2. The predicted octanol–water partition coefficient (Wildman–Crippen LogP) is 5.32. The second kappa shape index (κ2) is 11.5. The highest BCUT2D eigenvalue weighted by Gasteiger charge is 2.37. The number of piperidine rings is 1. The number of hydrogen-bond acceptors (Lipinski definition) is 9. The van der Waals surface area contributed by atoms with E-state index < -0.39 is 28.9 Å². The van der Waals surface area contributed by atoms with E-state index in [1.807, 2.05) is 0 Å². The lowest BCUT2D eigenvalue weighted by Gasteiger charge is -2.30. The summed E-state index contributed by atoms with van der Waals surface area (Å²) in [4.78, 5) is 18.1. The molecule has 1 aromatic heterocycles. The van der Waals surface area contributed by atoms with Gasteiger partial charge in [-0.2, -0.15) is 0 Å². The van der Waals surface area contributed by atoms with Crippen LogP contribution in [0.5, 0.6) is 5.75 Å².